The highest BCUT2D eigenvalue weighted by molar-refractivity contribution is 8.26. The van der Waals surface area contributed by atoms with E-state index < -0.39 is 0 Å². The number of carbonyl (C=O) groups is 2. The van der Waals surface area contributed by atoms with Gasteiger partial charge in [0.2, 0.25) is 5.91 Å². The number of benzene rings is 1. The third-order valence-electron chi connectivity index (χ3n) is 4.65. The number of methoxy groups -OCH3 is 1. The summed E-state index contributed by atoms with van der Waals surface area (Å²) in [5.41, 5.74) is 3.67. The summed E-state index contributed by atoms with van der Waals surface area (Å²) in [5.74, 6) is -0.239. The molecule has 1 saturated heterocycles. The second kappa shape index (κ2) is 9.82. The first-order valence-electron chi connectivity index (χ1n) is 9.39. The summed E-state index contributed by atoms with van der Waals surface area (Å²) < 4.78 is 5.59. The number of hydrogen-bond donors (Lipinski definition) is 0. The lowest BCUT2D eigenvalue weighted by molar-refractivity contribution is -0.122. The molecule has 0 aliphatic carbocycles. The molecule has 0 N–H and O–H groups in total. The molecule has 1 aliphatic heterocycles. The molecule has 1 aliphatic rings. The van der Waals surface area contributed by atoms with Crippen molar-refractivity contribution in [3.8, 4) is 0 Å². The number of aryl methyl sites for hydroxylation is 2. The zero-order valence-corrected chi connectivity index (χ0v) is 19.7. The van der Waals surface area contributed by atoms with E-state index in [0.29, 0.717) is 33.2 Å². The number of amides is 2. The van der Waals surface area contributed by atoms with E-state index in [1.165, 1.54) is 30.0 Å². The second-order valence-corrected chi connectivity index (χ2v) is 9.37. The van der Waals surface area contributed by atoms with Gasteiger partial charge < -0.3 is 4.74 Å². The van der Waals surface area contributed by atoms with Crippen LogP contribution < -0.4 is 4.90 Å². The van der Waals surface area contributed by atoms with E-state index in [0.717, 1.165) is 23.2 Å². The summed E-state index contributed by atoms with van der Waals surface area (Å²) in [6.07, 6.45) is 2.45. The van der Waals surface area contributed by atoms with E-state index in [-0.39, 0.29) is 11.8 Å². The van der Waals surface area contributed by atoms with E-state index in [1.54, 1.807) is 23.0 Å². The number of aromatic nitrogens is 1. The van der Waals surface area contributed by atoms with Crippen LogP contribution in [0.4, 0.5) is 10.8 Å². The van der Waals surface area contributed by atoms with Crippen molar-refractivity contribution in [2.45, 2.75) is 27.2 Å². The quantitative estimate of drug-likeness (QED) is 0.339. The Morgan fingerprint density at radius 2 is 2.10 bits per heavy atom. The van der Waals surface area contributed by atoms with Gasteiger partial charge in [-0.15, -0.1) is 11.3 Å². The molecule has 2 aromatic rings. The Morgan fingerprint density at radius 1 is 1.33 bits per heavy atom. The minimum Gasteiger partial charge on any atom is -0.385 e. The van der Waals surface area contributed by atoms with Crippen molar-refractivity contribution >= 4 is 68.3 Å². The lowest BCUT2D eigenvalue weighted by Gasteiger charge is -2.19. The molecule has 2 heterocycles. The number of thiazole rings is 1. The van der Waals surface area contributed by atoms with E-state index in [9.17, 15) is 9.59 Å². The number of ether oxygens (including phenoxy) is 1. The first-order valence-corrected chi connectivity index (χ1v) is 11.5. The number of rotatable bonds is 7. The molecule has 0 radical (unpaired) electrons. The smallest absolute Gasteiger partial charge is 0.266 e. The SMILES string of the molecule is COCCCN1C(=O)/C(=C/c2csc(N(C(C)=O)c3ccc(C)c(C)c3)n2)SC1=S. The van der Waals surface area contributed by atoms with Gasteiger partial charge in [0.25, 0.3) is 5.91 Å². The van der Waals surface area contributed by atoms with Crippen LogP contribution in [0.5, 0.6) is 0 Å². The summed E-state index contributed by atoms with van der Waals surface area (Å²) in [5, 5.41) is 2.40. The molecule has 0 spiro atoms. The lowest BCUT2D eigenvalue weighted by Crippen LogP contribution is -2.29. The number of carbonyl (C=O) groups excluding carboxylic acids is 2. The van der Waals surface area contributed by atoms with Gasteiger partial charge in [0.05, 0.1) is 16.3 Å². The van der Waals surface area contributed by atoms with Crippen LogP contribution in [0.3, 0.4) is 0 Å². The van der Waals surface area contributed by atoms with Crippen LogP contribution in [0.25, 0.3) is 6.08 Å². The highest BCUT2D eigenvalue weighted by atomic mass is 32.2. The molecule has 0 bridgehead atoms. The largest absolute Gasteiger partial charge is 0.385 e. The van der Waals surface area contributed by atoms with Gasteiger partial charge in [0, 0.05) is 32.6 Å². The van der Waals surface area contributed by atoms with Crippen LogP contribution in [-0.4, -0.2) is 46.3 Å². The molecule has 158 valence electrons. The average molecular weight is 462 g/mol. The van der Waals surface area contributed by atoms with E-state index >= 15 is 0 Å². The number of hydrogen-bond acceptors (Lipinski definition) is 7. The molecule has 3 rings (SSSR count). The van der Waals surface area contributed by atoms with Crippen molar-refractivity contribution in [2.75, 3.05) is 25.2 Å². The van der Waals surface area contributed by atoms with Crippen molar-refractivity contribution in [1.29, 1.82) is 0 Å². The predicted molar refractivity (Wildman–Crippen MR) is 127 cm³/mol. The number of nitrogens with zero attached hydrogens (tertiary/aromatic N) is 3. The van der Waals surface area contributed by atoms with Gasteiger partial charge in [-0.25, -0.2) is 4.98 Å². The van der Waals surface area contributed by atoms with Crippen LogP contribution >= 0.6 is 35.3 Å². The van der Waals surface area contributed by atoms with E-state index in [2.05, 4.69) is 4.98 Å². The monoisotopic (exact) mass is 461 g/mol. The standard InChI is InChI=1S/C21H23N3O3S3/c1-13-6-7-17(10-14(13)2)24(15(3)25)20-22-16(12-29-20)11-18-19(26)23(21(28)30-18)8-5-9-27-4/h6-7,10-12H,5,8-9H2,1-4H3/b18-11-. The van der Waals surface area contributed by atoms with Crippen molar-refractivity contribution in [3.05, 3.63) is 45.3 Å². The molecular weight excluding hydrogens is 438 g/mol. The molecule has 0 atom stereocenters. The lowest BCUT2D eigenvalue weighted by atomic mass is 10.1. The second-order valence-electron chi connectivity index (χ2n) is 6.86. The zero-order chi connectivity index (χ0) is 21.8. The Balaban J connectivity index is 1.82. The maximum absolute atomic E-state index is 12.7. The van der Waals surface area contributed by atoms with Gasteiger partial charge in [0.15, 0.2) is 5.13 Å². The Morgan fingerprint density at radius 3 is 2.77 bits per heavy atom. The maximum atomic E-state index is 12.7. The summed E-state index contributed by atoms with van der Waals surface area (Å²) in [6.45, 7) is 6.67. The summed E-state index contributed by atoms with van der Waals surface area (Å²) in [6, 6.07) is 5.88. The summed E-state index contributed by atoms with van der Waals surface area (Å²) >= 11 is 7.97. The van der Waals surface area contributed by atoms with Crippen LogP contribution in [0.15, 0.2) is 28.5 Å². The van der Waals surface area contributed by atoms with Crippen molar-refractivity contribution in [3.63, 3.8) is 0 Å². The third kappa shape index (κ3) is 4.97. The van der Waals surface area contributed by atoms with Gasteiger partial charge in [-0.3, -0.25) is 19.4 Å². The minimum absolute atomic E-state index is 0.117. The molecule has 1 fully saturated rings. The topological polar surface area (TPSA) is 62.7 Å². The zero-order valence-electron chi connectivity index (χ0n) is 17.3. The van der Waals surface area contributed by atoms with Gasteiger partial charge >= 0.3 is 0 Å². The number of thioether (sulfide) groups is 1. The van der Waals surface area contributed by atoms with Crippen molar-refractivity contribution < 1.29 is 14.3 Å². The predicted octanol–water partition coefficient (Wildman–Crippen LogP) is 4.68. The van der Waals surface area contributed by atoms with Gasteiger partial charge in [-0.1, -0.05) is 30.0 Å². The van der Waals surface area contributed by atoms with Crippen molar-refractivity contribution in [2.24, 2.45) is 0 Å². The Kier molecular flexibility index (Phi) is 7.41. The van der Waals surface area contributed by atoms with Crippen LogP contribution in [0.2, 0.25) is 0 Å². The maximum Gasteiger partial charge on any atom is 0.266 e. The van der Waals surface area contributed by atoms with Crippen LogP contribution in [0, 0.1) is 13.8 Å². The first-order chi connectivity index (χ1) is 14.3. The summed E-state index contributed by atoms with van der Waals surface area (Å²) in [7, 11) is 1.63. The molecular formula is C21H23N3O3S3. The fourth-order valence-electron chi connectivity index (χ4n) is 2.93. The molecule has 0 saturated carbocycles. The molecule has 9 heteroatoms. The average Bonchev–Trinajstić information content (AvgIpc) is 3.24. The molecule has 2 amide bonds. The van der Waals surface area contributed by atoms with Crippen LogP contribution in [0.1, 0.15) is 30.2 Å². The van der Waals surface area contributed by atoms with E-state index in [4.69, 9.17) is 17.0 Å². The van der Waals surface area contributed by atoms with Crippen LogP contribution in [-0.2, 0) is 14.3 Å². The molecule has 1 aromatic carbocycles. The Labute approximate surface area is 189 Å². The van der Waals surface area contributed by atoms with Gasteiger partial charge in [0.1, 0.15) is 4.32 Å². The third-order valence-corrected chi connectivity index (χ3v) is 6.87. The first kappa shape index (κ1) is 22.6. The fraction of sp³-hybridized carbons (Fsp3) is 0.333. The number of anilines is 2. The van der Waals surface area contributed by atoms with Gasteiger partial charge in [-0.05, 0) is 49.6 Å². The van der Waals surface area contributed by atoms with Gasteiger partial charge in [-0.2, -0.15) is 0 Å². The fourth-order valence-corrected chi connectivity index (χ4v) is 5.07. The Hall–Kier alpha value is -2.07. The molecule has 6 nitrogen and oxygen atoms in total. The minimum atomic E-state index is -0.122. The van der Waals surface area contributed by atoms with Crippen molar-refractivity contribution in [1.82, 2.24) is 9.88 Å². The highest BCUT2D eigenvalue weighted by Crippen LogP contribution is 2.35. The van der Waals surface area contributed by atoms with E-state index in [1.807, 2.05) is 37.4 Å². The molecule has 0 unspecified atom stereocenters. The Bertz CT molecular complexity index is 1020. The summed E-state index contributed by atoms with van der Waals surface area (Å²) in [4.78, 5) is 33.3. The molecule has 30 heavy (non-hydrogen) atoms. The number of thiocarbonyl (C=S) groups is 1. The highest BCUT2D eigenvalue weighted by Gasteiger charge is 2.31. The normalized spacial score (nSPS) is 15.3. The molecule has 1 aromatic heterocycles.